The third-order valence-electron chi connectivity index (χ3n) is 3.07. The lowest BCUT2D eigenvalue weighted by molar-refractivity contribution is -0.133. The normalized spacial score (nSPS) is 19.4. The lowest BCUT2D eigenvalue weighted by atomic mass is 10.2. The van der Waals surface area contributed by atoms with Crippen LogP contribution in [0.1, 0.15) is 0 Å². The molecule has 1 amide bonds. The number of anilines is 1. The van der Waals surface area contributed by atoms with Gasteiger partial charge in [0.05, 0.1) is 26.5 Å². The number of morpholine rings is 1. The zero-order valence-corrected chi connectivity index (χ0v) is 11.1. The van der Waals surface area contributed by atoms with Crippen LogP contribution in [0.2, 0.25) is 0 Å². The van der Waals surface area contributed by atoms with Crippen molar-refractivity contribution >= 4 is 11.6 Å². The first kappa shape index (κ1) is 13.6. The molecule has 1 aliphatic heterocycles. The van der Waals surface area contributed by atoms with Crippen molar-refractivity contribution in [3.63, 3.8) is 0 Å². The molecule has 1 atom stereocenters. The zero-order valence-electron chi connectivity index (χ0n) is 11.1. The van der Waals surface area contributed by atoms with Gasteiger partial charge in [0.15, 0.2) is 0 Å². The standard InChI is InChI=1S/C13H18N2O4/c1-17-9-3-4-11(18-2)10(7-9)15-5-6-19-12(8-14)13(15)16/h3-4,7,12H,5-6,8,14H2,1-2H3. The van der Waals surface area contributed by atoms with Gasteiger partial charge in [0.25, 0.3) is 5.91 Å². The number of carbonyl (C=O) groups excluding carboxylic acids is 1. The summed E-state index contributed by atoms with van der Waals surface area (Å²) in [6.45, 7) is 1.09. The number of carbonyl (C=O) groups is 1. The van der Waals surface area contributed by atoms with Gasteiger partial charge in [-0.05, 0) is 12.1 Å². The minimum absolute atomic E-state index is 0.152. The fraction of sp³-hybridized carbons (Fsp3) is 0.462. The maximum atomic E-state index is 12.2. The molecule has 0 radical (unpaired) electrons. The largest absolute Gasteiger partial charge is 0.497 e. The summed E-state index contributed by atoms with van der Waals surface area (Å²) in [5.41, 5.74) is 6.21. The van der Waals surface area contributed by atoms with E-state index in [-0.39, 0.29) is 12.5 Å². The summed E-state index contributed by atoms with van der Waals surface area (Å²) in [5.74, 6) is 1.13. The summed E-state index contributed by atoms with van der Waals surface area (Å²) in [4.78, 5) is 13.9. The number of rotatable bonds is 4. The molecule has 1 aromatic carbocycles. The summed E-state index contributed by atoms with van der Waals surface area (Å²) in [6.07, 6.45) is -0.593. The van der Waals surface area contributed by atoms with Crippen molar-refractivity contribution in [3.05, 3.63) is 18.2 Å². The second-order valence-electron chi connectivity index (χ2n) is 4.12. The third kappa shape index (κ3) is 2.64. The summed E-state index contributed by atoms with van der Waals surface area (Å²) < 4.78 is 15.8. The van der Waals surface area contributed by atoms with Crippen LogP contribution in [-0.4, -0.2) is 45.9 Å². The van der Waals surface area contributed by atoms with E-state index in [4.69, 9.17) is 19.9 Å². The molecular weight excluding hydrogens is 248 g/mol. The summed E-state index contributed by atoms with van der Waals surface area (Å²) in [7, 11) is 3.14. The van der Waals surface area contributed by atoms with Gasteiger partial charge in [-0.15, -0.1) is 0 Å². The van der Waals surface area contributed by atoms with Gasteiger partial charge in [-0.25, -0.2) is 0 Å². The van der Waals surface area contributed by atoms with E-state index in [1.165, 1.54) is 0 Å². The molecule has 1 heterocycles. The van der Waals surface area contributed by atoms with E-state index in [2.05, 4.69) is 0 Å². The number of hydrogen-bond donors (Lipinski definition) is 1. The van der Waals surface area contributed by atoms with Crippen LogP contribution in [0.4, 0.5) is 5.69 Å². The Bertz CT molecular complexity index is 464. The van der Waals surface area contributed by atoms with Crippen molar-refractivity contribution in [1.82, 2.24) is 0 Å². The van der Waals surface area contributed by atoms with Gasteiger partial charge in [0.1, 0.15) is 17.6 Å². The molecule has 1 aliphatic rings. The number of nitrogens with zero attached hydrogens (tertiary/aromatic N) is 1. The highest BCUT2D eigenvalue weighted by Crippen LogP contribution is 2.33. The van der Waals surface area contributed by atoms with E-state index >= 15 is 0 Å². The van der Waals surface area contributed by atoms with Gasteiger partial charge in [-0.3, -0.25) is 4.79 Å². The highest BCUT2D eigenvalue weighted by molar-refractivity contribution is 5.98. The Hall–Kier alpha value is -1.79. The van der Waals surface area contributed by atoms with Crippen LogP contribution in [0.5, 0.6) is 11.5 Å². The van der Waals surface area contributed by atoms with Gasteiger partial charge >= 0.3 is 0 Å². The average Bonchev–Trinajstić information content (AvgIpc) is 2.47. The topological polar surface area (TPSA) is 74.0 Å². The van der Waals surface area contributed by atoms with Crippen molar-refractivity contribution in [3.8, 4) is 11.5 Å². The quantitative estimate of drug-likeness (QED) is 0.853. The zero-order chi connectivity index (χ0) is 13.8. The second kappa shape index (κ2) is 5.90. The minimum Gasteiger partial charge on any atom is -0.497 e. The van der Waals surface area contributed by atoms with Gasteiger partial charge in [-0.1, -0.05) is 0 Å². The van der Waals surface area contributed by atoms with Crippen LogP contribution in [0.15, 0.2) is 18.2 Å². The number of ether oxygens (including phenoxy) is 3. The molecule has 2 rings (SSSR count). The number of benzene rings is 1. The molecule has 6 nitrogen and oxygen atoms in total. The first-order chi connectivity index (χ1) is 9.21. The Labute approximate surface area is 112 Å². The fourth-order valence-corrected chi connectivity index (χ4v) is 2.06. The molecule has 104 valence electrons. The minimum atomic E-state index is -0.593. The van der Waals surface area contributed by atoms with E-state index in [1.54, 1.807) is 37.3 Å². The van der Waals surface area contributed by atoms with E-state index in [0.29, 0.717) is 30.3 Å². The van der Waals surface area contributed by atoms with E-state index in [0.717, 1.165) is 0 Å². The van der Waals surface area contributed by atoms with E-state index in [9.17, 15) is 4.79 Å². The molecule has 0 aliphatic carbocycles. The SMILES string of the molecule is COc1ccc(OC)c(N2CCOC(CN)C2=O)c1. The molecule has 19 heavy (non-hydrogen) atoms. The first-order valence-electron chi connectivity index (χ1n) is 6.06. The summed E-state index contributed by atoms with van der Waals surface area (Å²) >= 11 is 0. The third-order valence-corrected chi connectivity index (χ3v) is 3.07. The predicted octanol–water partition coefficient (Wildman–Crippen LogP) is 0.394. The lowest BCUT2D eigenvalue weighted by Gasteiger charge is -2.32. The van der Waals surface area contributed by atoms with Gasteiger partial charge in [-0.2, -0.15) is 0 Å². The summed E-state index contributed by atoms with van der Waals surface area (Å²) in [6, 6.07) is 5.33. The van der Waals surface area contributed by atoms with E-state index in [1.807, 2.05) is 0 Å². The van der Waals surface area contributed by atoms with Crippen molar-refractivity contribution in [1.29, 1.82) is 0 Å². The van der Waals surface area contributed by atoms with Crippen LogP contribution < -0.4 is 20.1 Å². The van der Waals surface area contributed by atoms with Crippen LogP contribution in [-0.2, 0) is 9.53 Å². The molecule has 1 saturated heterocycles. The van der Waals surface area contributed by atoms with Gasteiger partial charge < -0.3 is 24.8 Å². The van der Waals surface area contributed by atoms with Crippen LogP contribution in [0.3, 0.4) is 0 Å². The number of hydrogen-bond acceptors (Lipinski definition) is 5. The molecule has 6 heteroatoms. The number of amides is 1. The molecule has 0 spiro atoms. The first-order valence-corrected chi connectivity index (χ1v) is 6.06. The Morgan fingerprint density at radius 2 is 2.21 bits per heavy atom. The van der Waals surface area contributed by atoms with Gasteiger partial charge in [0.2, 0.25) is 0 Å². The number of nitrogens with two attached hydrogens (primary N) is 1. The van der Waals surface area contributed by atoms with Gasteiger partial charge in [0, 0.05) is 19.2 Å². The smallest absolute Gasteiger partial charge is 0.257 e. The molecule has 0 aromatic heterocycles. The Kier molecular flexibility index (Phi) is 4.24. The van der Waals surface area contributed by atoms with E-state index < -0.39 is 6.10 Å². The van der Waals surface area contributed by atoms with Crippen LogP contribution >= 0.6 is 0 Å². The van der Waals surface area contributed by atoms with Crippen molar-refractivity contribution in [2.45, 2.75) is 6.10 Å². The monoisotopic (exact) mass is 266 g/mol. The highest BCUT2D eigenvalue weighted by atomic mass is 16.5. The predicted molar refractivity (Wildman–Crippen MR) is 70.7 cm³/mol. The maximum absolute atomic E-state index is 12.2. The Morgan fingerprint density at radius 1 is 1.42 bits per heavy atom. The molecule has 2 N–H and O–H groups in total. The summed E-state index contributed by atoms with van der Waals surface area (Å²) in [5, 5.41) is 0. The molecule has 0 saturated carbocycles. The molecule has 1 fully saturated rings. The fourth-order valence-electron chi connectivity index (χ4n) is 2.06. The molecular formula is C13H18N2O4. The number of methoxy groups -OCH3 is 2. The van der Waals surface area contributed by atoms with Crippen molar-refractivity contribution < 1.29 is 19.0 Å². The Balaban J connectivity index is 2.36. The van der Waals surface area contributed by atoms with Crippen LogP contribution in [0.25, 0.3) is 0 Å². The lowest BCUT2D eigenvalue weighted by Crippen LogP contribution is -2.50. The molecule has 0 bridgehead atoms. The molecule has 1 aromatic rings. The second-order valence-corrected chi connectivity index (χ2v) is 4.12. The van der Waals surface area contributed by atoms with Crippen molar-refractivity contribution in [2.24, 2.45) is 5.73 Å². The van der Waals surface area contributed by atoms with Crippen LogP contribution in [0, 0.1) is 0 Å². The van der Waals surface area contributed by atoms with Crippen molar-refractivity contribution in [2.75, 3.05) is 38.8 Å². The maximum Gasteiger partial charge on any atom is 0.257 e. The average molecular weight is 266 g/mol. The molecule has 1 unspecified atom stereocenters. The highest BCUT2D eigenvalue weighted by Gasteiger charge is 2.31. The Morgan fingerprint density at radius 3 is 2.84 bits per heavy atom.